The van der Waals surface area contributed by atoms with Crippen molar-refractivity contribution in [2.75, 3.05) is 12.9 Å². The molecular formula is C46H57N5O9S. The van der Waals surface area contributed by atoms with Crippen molar-refractivity contribution in [2.24, 2.45) is 5.41 Å². The van der Waals surface area contributed by atoms with Gasteiger partial charge in [0.05, 0.1) is 24.1 Å². The second kappa shape index (κ2) is 19.6. The molecule has 0 unspecified atom stereocenters. The van der Waals surface area contributed by atoms with Crippen LogP contribution >= 0.6 is 0 Å². The van der Waals surface area contributed by atoms with Gasteiger partial charge in [-0.1, -0.05) is 82.7 Å². The number of amides is 4. The van der Waals surface area contributed by atoms with E-state index < -0.39 is 63.0 Å². The molecule has 0 saturated carbocycles. The summed E-state index contributed by atoms with van der Waals surface area (Å²) >= 11 is 0. The van der Waals surface area contributed by atoms with Crippen LogP contribution in [0.4, 0.5) is 4.79 Å². The van der Waals surface area contributed by atoms with E-state index in [2.05, 4.69) is 20.7 Å². The van der Waals surface area contributed by atoms with Crippen LogP contribution in [0.2, 0.25) is 0 Å². The molecule has 4 N–H and O–H groups in total. The van der Waals surface area contributed by atoms with E-state index in [1.807, 2.05) is 66.7 Å². The Balaban J connectivity index is 1.63. The fraction of sp³-hybridized carbons (Fsp3) is 0.413. The number of fused-ring (bicyclic) bond motifs is 3. The number of hydrogen-bond donors (Lipinski definition) is 4. The third kappa shape index (κ3) is 12.8. The summed E-state index contributed by atoms with van der Waals surface area (Å²) in [5.74, 6) is -1.11. The van der Waals surface area contributed by atoms with Gasteiger partial charge in [-0.15, -0.1) is 0 Å². The molecule has 0 aliphatic carbocycles. The molecule has 0 radical (unpaired) electrons. The second-order valence-corrected chi connectivity index (χ2v) is 18.9. The molecule has 61 heavy (non-hydrogen) atoms. The zero-order valence-electron chi connectivity index (χ0n) is 36.1. The molecule has 326 valence electrons. The van der Waals surface area contributed by atoms with Crippen LogP contribution < -0.4 is 30.1 Å². The van der Waals surface area contributed by atoms with Crippen molar-refractivity contribution in [3.63, 3.8) is 0 Å². The average Bonchev–Trinajstić information content (AvgIpc) is 3.18. The molecule has 14 nitrogen and oxygen atoms in total. The summed E-state index contributed by atoms with van der Waals surface area (Å²) in [6, 6.07) is 18.3. The molecule has 0 saturated heterocycles. The molecule has 2 bridgehead atoms. The molecule has 5 rings (SSSR count). The van der Waals surface area contributed by atoms with Crippen LogP contribution in [-0.2, 0) is 29.1 Å². The van der Waals surface area contributed by atoms with Crippen molar-refractivity contribution in [2.45, 2.75) is 104 Å². The molecule has 15 heteroatoms. The first-order valence-corrected chi connectivity index (χ1v) is 22.1. The van der Waals surface area contributed by atoms with Crippen LogP contribution in [0.15, 0.2) is 78.9 Å². The Kier molecular flexibility index (Phi) is 14.8. The van der Waals surface area contributed by atoms with Crippen LogP contribution in [0.5, 0.6) is 17.2 Å². The molecule has 1 aliphatic heterocycles. The predicted molar refractivity (Wildman–Crippen MR) is 235 cm³/mol. The van der Waals surface area contributed by atoms with Crippen LogP contribution in [0.3, 0.4) is 0 Å². The summed E-state index contributed by atoms with van der Waals surface area (Å²) in [6.07, 6.45) is 4.72. The lowest BCUT2D eigenvalue weighted by atomic mass is 9.86. The zero-order valence-corrected chi connectivity index (χ0v) is 36.9. The Morgan fingerprint density at radius 3 is 2.33 bits per heavy atom. The number of sulfonamides is 1. The predicted octanol–water partition coefficient (Wildman–Crippen LogP) is 7.73. The Morgan fingerprint density at radius 1 is 0.918 bits per heavy atom. The third-order valence-corrected chi connectivity index (χ3v) is 11.1. The number of nitrogens with one attached hydrogen (secondary N) is 4. The number of allylic oxidation sites excluding steroid dienone is 1. The Labute approximate surface area is 358 Å². The standard InChI is InChI=1S/C46H57N5O9S/c1-9-17-34-41(52)51-61(56,57)25-16-11-10-13-20-30-26-31(39(42(53)48-34)49-43(54)40(45(2,3)4)50-44(55)60-46(5,6)7)21-24-37(30)59-38-28-35(29-18-14-12-15-19-29)47-36-27-32(58-8)22-23-33(36)38/h12-15,18-24,26-28,34,39-40H,9-11,16-17,25H2,1-8H3,(H,48,53)(H,49,54)(H,50,55)(H,51,52)/b20-13-/t34-,39-,40+/m0/s1. The molecule has 0 fully saturated rings. The van der Waals surface area contributed by atoms with Crippen molar-refractivity contribution >= 4 is 50.8 Å². The van der Waals surface area contributed by atoms with E-state index in [1.54, 1.807) is 73.8 Å². The van der Waals surface area contributed by atoms with E-state index in [9.17, 15) is 27.6 Å². The molecule has 4 amide bonds. The van der Waals surface area contributed by atoms with Crippen molar-refractivity contribution in [3.05, 3.63) is 90.0 Å². The SMILES string of the molecule is CCC[C@@H]1NC(=O)[C@@H](NC(=O)[C@@H](NC(=O)OC(C)(C)C)C(C)(C)C)c2ccc(Oc3cc(-c4ccccc4)nc4cc(OC)ccc34)c(c2)/C=C\CCCCS(=O)(=O)NC1=O. The van der Waals surface area contributed by atoms with Crippen molar-refractivity contribution in [1.29, 1.82) is 0 Å². The van der Waals surface area contributed by atoms with Gasteiger partial charge >= 0.3 is 6.09 Å². The fourth-order valence-electron chi connectivity index (χ4n) is 6.71. The highest BCUT2D eigenvalue weighted by molar-refractivity contribution is 7.90. The first-order chi connectivity index (χ1) is 28.8. The zero-order chi connectivity index (χ0) is 44.5. The van der Waals surface area contributed by atoms with E-state index >= 15 is 0 Å². The number of benzene rings is 3. The molecule has 3 atom stereocenters. The van der Waals surface area contributed by atoms with Gasteiger partial charge in [0.2, 0.25) is 21.8 Å². The smallest absolute Gasteiger partial charge is 0.408 e. The third-order valence-electron chi connectivity index (χ3n) is 9.77. The van der Waals surface area contributed by atoms with Gasteiger partial charge in [-0.05, 0) is 81.7 Å². The lowest BCUT2D eigenvalue weighted by molar-refractivity contribution is -0.133. The number of methoxy groups -OCH3 is 1. The number of ether oxygens (including phenoxy) is 3. The molecule has 2 heterocycles. The number of aromatic nitrogens is 1. The maximum Gasteiger partial charge on any atom is 0.408 e. The van der Waals surface area contributed by atoms with E-state index in [0.717, 1.165) is 5.56 Å². The summed E-state index contributed by atoms with van der Waals surface area (Å²) in [5.41, 5.74) is 1.35. The van der Waals surface area contributed by atoms with Gasteiger partial charge in [0.25, 0.3) is 5.91 Å². The first-order valence-electron chi connectivity index (χ1n) is 20.4. The number of pyridine rings is 1. The highest BCUT2D eigenvalue weighted by Gasteiger charge is 2.37. The van der Waals surface area contributed by atoms with Gasteiger partial charge in [-0.3, -0.25) is 19.1 Å². The topological polar surface area (TPSA) is 191 Å². The Morgan fingerprint density at radius 2 is 1.66 bits per heavy atom. The number of hydrogen-bond acceptors (Lipinski definition) is 10. The number of rotatable bonds is 9. The highest BCUT2D eigenvalue weighted by atomic mass is 32.2. The minimum absolute atomic E-state index is 0.121. The maximum atomic E-state index is 14.4. The molecular weight excluding hydrogens is 799 g/mol. The lowest BCUT2D eigenvalue weighted by Gasteiger charge is -2.33. The van der Waals surface area contributed by atoms with E-state index in [0.29, 0.717) is 64.2 Å². The van der Waals surface area contributed by atoms with E-state index in [1.165, 1.54) is 0 Å². The highest BCUT2D eigenvalue weighted by Crippen LogP contribution is 2.37. The summed E-state index contributed by atoms with van der Waals surface area (Å²) in [6.45, 7) is 12.2. The molecule has 1 aromatic heterocycles. The van der Waals surface area contributed by atoms with Gasteiger partial charge in [0, 0.05) is 28.6 Å². The van der Waals surface area contributed by atoms with Gasteiger partial charge in [0.1, 0.15) is 41.0 Å². The molecule has 4 aromatic rings. The number of alkyl carbamates (subject to hydrolysis) is 1. The van der Waals surface area contributed by atoms with Crippen molar-refractivity contribution in [1.82, 2.24) is 25.7 Å². The summed E-state index contributed by atoms with van der Waals surface area (Å²) in [5, 5.41) is 8.89. The Bertz CT molecular complexity index is 2370. The summed E-state index contributed by atoms with van der Waals surface area (Å²) in [4.78, 5) is 60.0. The minimum atomic E-state index is -4.02. The largest absolute Gasteiger partial charge is 0.497 e. The second-order valence-electron chi connectivity index (χ2n) is 17.1. The van der Waals surface area contributed by atoms with Gasteiger partial charge in [-0.2, -0.15) is 0 Å². The fourth-order valence-corrected chi connectivity index (χ4v) is 7.85. The van der Waals surface area contributed by atoms with Crippen LogP contribution in [0.25, 0.3) is 28.2 Å². The summed E-state index contributed by atoms with van der Waals surface area (Å²) in [7, 11) is -2.43. The monoisotopic (exact) mass is 855 g/mol. The van der Waals surface area contributed by atoms with Gasteiger partial charge in [-0.25, -0.2) is 18.2 Å². The average molecular weight is 856 g/mol. The van der Waals surface area contributed by atoms with E-state index in [4.69, 9.17) is 19.2 Å². The number of carbonyl (C=O) groups is 4. The molecule has 1 aliphatic rings. The van der Waals surface area contributed by atoms with Crippen LogP contribution in [0.1, 0.15) is 97.7 Å². The molecule has 3 aromatic carbocycles. The van der Waals surface area contributed by atoms with Gasteiger partial charge < -0.3 is 30.2 Å². The quantitative estimate of drug-likeness (QED) is 0.130. The normalized spacial score (nSPS) is 18.5. The molecule has 0 spiro atoms. The number of nitrogens with zero attached hydrogens (tertiary/aromatic N) is 1. The number of carbonyl (C=O) groups excluding carboxylic acids is 4. The minimum Gasteiger partial charge on any atom is -0.497 e. The van der Waals surface area contributed by atoms with Crippen molar-refractivity contribution in [3.8, 4) is 28.5 Å². The Hall–Kier alpha value is -5.96. The van der Waals surface area contributed by atoms with Gasteiger partial charge in [0.15, 0.2) is 0 Å². The van der Waals surface area contributed by atoms with E-state index in [-0.39, 0.29) is 18.6 Å². The van der Waals surface area contributed by atoms with Crippen LogP contribution in [0, 0.1) is 5.41 Å². The van der Waals surface area contributed by atoms with Crippen LogP contribution in [-0.4, -0.2) is 67.8 Å². The summed E-state index contributed by atoms with van der Waals surface area (Å²) < 4.78 is 45.7. The van der Waals surface area contributed by atoms with Crippen molar-refractivity contribution < 1.29 is 41.8 Å². The lowest BCUT2D eigenvalue weighted by Crippen LogP contribution is -2.57. The first kappa shape index (κ1) is 46.1. The maximum absolute atomic E-state index is 14.4.